The standard InChI is InChI=1S/C22H23NO6/c1-4-28-22(25)23(17-11-15-7-5-6-8-19(15)29-14-17)21(24)12-16-9-10-18(26-2)13-20(16)27-3/h5-11,13H,4,12,14H2,1-3H3. The minimum absolute atomic E-state index is 0.0506. The van der Waals surface area contributed by atoms with Crippen LogP contribution in [-0.4, -0.2) is 44.3 Å². The van der Waals surface area contributed by atoms with Crippen molar-refractivity contribution in [2.45, 2.75) is 13.3 Å². The van der Waals surface area contributed by atoms with Crippen molar-refractivity contribution < 1.29 is 28.5 Å². The number of rotatable bonds is 6. The quantitative estimate of drug-likeness (QED) is 0.741. The van der Waals surface area contributed by atoms with E-state index in [9.17, 15) is 9.59 Å². The molecule has 1 heterocycles. The van der Waals surface area contributed by atoms with E-state index < -0.39 is 12.0 Å². The van der Waals surface area contributed by atoms with Gasteiger partial charge in [-0.25, -0.2) is 9.69 Å². The van der Waals surface area contributed by atoms with Crippen molar-refractivity contribution in [1.82, 2.24) is 4.90 Å². The lowest BCUT2D eigenvalue weighted by Gasteiger charge is -2.26. The molecule has 2 aromatic carbocycles. The van der Waals surface area contributed by atoms with Crippen molar-refractivity contribution in [3.05, 3.63) is 59.3 Å². The molecular weight excluding hydrogens is 374 g/mol. The lowest BCUT2D eigenvalue weighted by Crippen LogP contribution is -2.40. The SMILES string of the molecule is CCOC(=O)N(C(=O)Cc1ccc(OC)cc1OC)C1=Cc2ccccc2OC1. The number of amides is 2. The van der Waals surface area contributed by atoms with Crippen molar-refractivity contribution in [2.75, 3.05) is 27.4 Å². The predicted molar refractivity (Wildman–Crippen MR) is 107 cm³/mol. The largest absolute Gasteiger partial charge is 0.497 e. The highest BCUT2D eigenvalue weighted by molar-refractivity contribution is 5.96. The van der Waals surface area contributed by atoms with E-state index in [-0.39, 0.29) is 19.6 Å². The van der Waals surface area contributed by atoms with Gasteiger partial charge in [0.25, 0.3) is 0 Å². The van der Waals surface area contributed by atoms with E-state index in [4.69, 9.17) is 18.9 Å². The molecule has 1 aliphatic rings. The number of carbonyl (C=O) groups excluding carboxylic acids is 2. The summed E-state index contributed by atoms with van der Waals surface area (Å²) in [6, 6.07) is 12.6. The van der Waals surface area contributed by atoms with E-state index in [1.807, 2.05) is 24.3 Å². The third-order valence-corrected chi connectivity index (χ3v) is 4.44. The molecular formula is C22H23NO6. The van der Waals surface area contributed by atoms with Crippen LogP contribution in [0, 0.1) is 0 Å². The van der Waals surface area contributed by atoms with Crippen molar-refractivity contribution in [2.24, 2.45) is 0 Å². The molecule has 0 radical (unpaired) electrons. The summed E-state index contributed by atoms with van der Waals surface area (Å²) in [5.41, 5.74) is 1.84. The van der Waals surface area contributed by atoms with Gasteiger partial charge < -0.3 is 18.9 Å². The van der Waals surface area contributed by atoms with Gasteiger partial charge in [0.2, 0.25) is 5.91 Å². The molecule has 3 rings (SSSR count). The lowest BCUT2D eigenvalue weighted by molar-refractivity contribution is -0.127. The first-order chi connectivity index (χ1) is 14.1. The summed E-state index contributed by atoms with van der Waals surface area (Å²) in [7, 11) is 3.07. The summed E-state index contributed by atoms with van der Waals surface area (Å²) >= 11 is 0. The maximum Gasteiger partial charge on any atom is 0.421 e. The van der Waals surface area contributed by atoms with Crippen LogP contribution in [0.2, 0.25) is 0 Å². The van der Waals surface area contributed by atoms with Crippen LogP contribution in [0.1, 0.15) is 18.1 Å². The van der Waals surface area contributed by atoms with Crippen molar-refractivity contribution >= 4 is 18.1 Å². The number of para-hydroxylation sites is 1. The first-order valence-electron chi connectivity index (χ1n) is 9.20. The molecule has 0 bridgehead atoms. The molecule has 152 valence electrons. The number of nitrogens with zero attached hydrogens (tertiary/aromatic N) is 1. The van der Waals surface area contributed by atoms with Gasteiger partial charge in [-0.15, -0.1) is 0 Å². The van der Waals surface area contributed by atoms with Gasteiger partial charge in [0.1, 0.15) is 23.9 Å². The third-order valence-electron chi connectivity index (χ3n) is 4.44. The fraction of sp³-hybridized carbons (Fsp3) is 0.273. The molecule has 0 saturated heterocycles. The molecule has 0 fully saturated rings. The average molecular weight is 397 g/mol. The first-order valence-corrected chi connectivity index (χ1v) is 9.20. The number of fused-ring (bicyclic) bond motifs is 1. The van der Waals surface area contributed by atoms with Crippen LogP contribution in [0.4, 0.5) is 4.79 Å². The summed E-state index contributed by atoms with van der Waals surface area (Å²) in [6.07, 6.45) is 0.975. The summed E-state index contributed by atoms with van der Waals surface area (Å²) in [5, 5.41) is 0. The Kier molecular flexibility index (Phi) is 6.39. The van der Waals surface area contributed by atoms with Crippen LogP contribution in [0.5, 0.6) is 17.2 Å². The molecule has 0 aromatic heterocycles. The second-order valence-corrected chi connectivity index (χ2v) is 6.24. The lowest BCUT2D eigenvalue weighted by atomic mass is 10.1. The van der Waals surface area contributed by atoms with Crippen LogP contribution in [-0.2, 0) is 16.0 Å². The minimum atomic E-state index is -0.737. The highest BCUT2D eigenvalue weighted by Crippen LogP contribution is 2.29. The average Bonchev–Trinajstić information content (AvgIpc) is 2.74. The minimum Gasteiger partial charge on any atom is -0.497 e. The van der Waals surface area contributed by atoms with Gasteiger partial charge in [-0.2, -0.15) is 0 Å². The van der Waals surface area contributed by atoms with Gasteiger partial charge in [-0.1, -0.05) is 24.3 Å². The topological polar surface area (TPSA) is 74.3 Å². The van der Waals surface area contributed by atoms with Crippen LogP contribution in [0.15, 0.2) is 48.2 Å². The van der Waals surface area contributed by atoms with Crippen LogP contribution in [0.25, 0.3) is 6.08 Å². The molecule has 0 saturated carbocycles. The van der Waals surface area contributed by atoms with Crippen molar-refractivity contribution in [3.8, 4) is 17.2 Å². The molecule has 2 aromatic rings. The molecule has 0 atom stereocenters. The third kappa shape index (κ3) is 4.51. The van der Waals surface area contributed by atoms with Gasteiger partial charge in [0.05, 0.1) is 32.9 Å². The molecule has 7 heteroatoms. The Morgan fingerprint density at radius 1 is 1.10 bits per heavy atom. The molecule has 0 N–H and O–H groups in total. The summed E-state index contributed by atoms with van der Waals surface area (Å²) in [6.45, 7) is 1.93. The zero-order valence-electron chi connectivity index (χ0n) is 16.6. The van der Waals surface area contributed by atoms with E-state index >= 15 is 0 Å². The number of benzene rings is 2. The molecule has 7 nitrogen and oxygen atoms in total. The summed E-state index contributed by atoms with van der Waals surface area (Å²) < 4.78 is 21.4. The highest BCUT2D eigenvalue weighted by Gasteiger charge is 2.30. The number of methoxy groups -OCH3 is 2. The molecule has 0 spiro atoms. The molecule has 0 unspecified atom stereocenters. The van der Waals surface area contributed by atoms with Gasteiger partial charge in [0.15, 0.2) is 0 Å². The second-order valence-electron chi connectivity index (χ2n) is 6.24. The van der Waals surface area contributed by atoms with Crippen molar-refractivity contribution in [1.29, 1.82) is 0 Å². The van der Waals surface area contributed by atoms with Crippen molar-refractivity contribution in [3.63, 3.8) is 0 Å². The van der Waals surface area contributed by atoms with Gasteiger partial charge >= 0.3 is 6.09 Å². The number of ether oxygens (including phenoxy) is 4. The van der Waals surface area contributed by atoms with E-state index in [0.29, 0.717) is 28.5 Å². The number of carbonyl (C=O) groups is 2. The Labute approximate surface area is 169 Å². The summed E-state index contributed by atoms with van der Waals surface area (Å²) in [4.78, 5) is 26.7. The molecule has 29 heavy (non-hydrogen) atoms. The molecule has 2 amide bonds. The van der Waals surface area contributed by atoms with Crippen LogP contribution in [0.3, 0.4) is 0 Å². The number of hydrogen-bond acceptors (Lipinski definition) is 6. The number of hydrogen-bond donors (Lipinski definition) is 0. The first kappa shape index (κ1) is 20.3. The Hall–Kier alpha value is -3.48. The normalized spacial score (nSPS) is 12.2. The van der Waals surface area contributed by atoms with Gasteiger partial charge in [-0.05, 0) is 25.1 Å². The Morgan fingerprint density at radius 2 is 1.90 bits per heavy atom. The Balaban J connectivity index is 1.91. The summed E-state index contributed by atoms with van der Waals surface area (Å²) in [5.74, 6) is 1.37. The Bertz CT molecular complexity index is 937. The highest BCUT2D eigenvalue weighted by atomic mass is 16.6. The maximum atomic E-state index is 13.1. The van der Waals surface area contributed by atoms with E-state index in [1.165, 1.54) is 7.11 Å². The van der Waals surface area contributed by atoms with E-state index in [2.05, 4.69) is 0 Å². The van der Waals surface area contributed by atoms with Gasteiger partial charge in [-0.3, -0.25) is 4.79 Å². The number of imide groups is 1. The fourth-order valence-electron chi connectivity index (χ4n) is 3.04. The van der Waals surface area contributed by atoms with Gasteiger partial charge in [0, 0.05) is 17.2 Å². The second kappa shape index (κ2) is 9.14. The molecule has 0 aliphatic carbocycles. The van der Waals surface area contributed by atoms with E-state index in [1.54, 1.807) is 38.3 Å². The smallest absolute Gasteiger partial charge is 0.421 e. The van der Waals surface area contributed by atoms with Crippen LogP contribution >= 0.6 is 0 Å². The van der Waals surface area contributed by atoms with E-state index in [0.717, 1.165) is 10.5 Å². The Morgan fingerprint density at radius 3 is 2.62 bits per heavy atom. The zero-order chi connectivity index (χ0) is 20.8. The van der Waals surface area contributed by atoms with Crippen LogP contribution < -0.4 is 14.2 Å². The maximum absolute atomic E-state index is 13.1. The molecule has 1 aliphatic heterocycles. The fourth-order valence-corrected chi connectivity index (χ4v) is 3.04. The predicted octanol–water partition coefficient (Wildman–Crippen LogP) is 3.66. The monoisotopic (exact) mass is 397 g/mol. The zero-order valence-corrected chi connectivity index (χ0v) is 16.6.